The maximum atomic E-state index is 12.0. The van der Waals surface area contributed by atoms with Crippen LogP contribution in [-0.2, 0) is 0 Å². The number of nitrogens with zero attached hydrogens (tertiary/aromatic N) is 3. The van der Waals surface area contributed by atoms with E-state index in [4.69, 9.17) is 0 Å². The van der Waals surface area contributed by atoms with E-state index in [-0.39, 0.29) is 5.91 Å². The summed E-state index contributed by atoms with van der Waals surface area (Å²) in [6, 6.07) is 9.11. The predicted octanol–water partition coefficient (Wildman–Crippen LogP) is 1.64. The number of benzene rings is 1. The lowest BCUT2D eigenvalue weighted by Crippen LogP contribution is -2.12. The third-order valence-corrected chi connectivity index (χ3v) is 2.31. The summed E-state index contributed by atoms with van der Waals surface area (Å²) < 4.78 is 1.35. The van der Waals surface area contributed by atoms with Crippen LogP contribution in [-0.4, -0.2) is 29.8 Å². The van der Waals surface area contributed by atoms with E-state index in [0.717, 1.165) is 5.69 Å². The van der Waals surface area contributed by atoms with Crippen molar-refractivity contribution in [3.05, 3.63) is 48.3 Å². The molecule has 0 N–H and O–H groups in total. The second-order valence-electron chi connectivity index (χ2n) is 3.71. The fraction of sp³-hybridized carbons (Fsp3) is 0.167. The van der Waals surface area contributed by atoms with E-state index < -0.39 is 0 Å². The van der Waals surface area contributed by atoms with Crippen molar-refractivity contribution in [2.75, 3.05) is 19.0 Å². The second-order valence-corrected chi connectivity index (χ2v) is 3.71. The molecule has 0 fully saturated rings. The van der Waals surface area contributed by atoms with E-state index in [0.29, 0.717) is 5.56 Å². The van der Waals surface area contributed by atoms with Gasteiger partial charge >= 0.3 is 0 Å². The van der Waals surface area contributed by atoms with Gasteiger partial charge in [-0.2, -0.15) is 5.10 Å². The SMILES string of the molecule is CN(C)c1cnn(C(=O)c2ccccc2)c1. The Labute approximate surface area is 94.1 Å². The maximum Gasteiger partial charge on any atom is 0.278 e. The zero-order valence-electron chi connectivity index (χ0n) is 9.29. The van der Waals surface area contributed by atoms with Crippen LogP contribution in [0.2, 0.25) is 0 Å². The Morgan fingerprint density at radius 1 is 1.25 bits per heavy atom. The van der Waals surface area contributed by atoms with Crippen LogP contribution in [0.4, 0.5) is 5.69 Å². The van der Waals surface area contributed by atoms with Gasteiger partial charge < -0.3 is 4.90 Å². The molecule has 0 radical (unpaired) electrons. The Hall–Kier alpha value is -2.10. The summed E-state index contributed by atoms with van der Waals surface area (Å²) in [5, 5.41) is 4.04. The lowest BCUT2D eigenvalue weighted by atomic mass is 10.2. The van der Waals surface area contributed by atoms with Crippen LogP contribution in [0, 0.1) is 0 Å². The van der Waals surface area contributed by atoms with Crippen molar-refractivity contribution >= 4 is 11.6 Å². The number of carbonyl (C=O) groups excluding carboxylic acids is 1. The smallest absolute Gasteiger partial charge is 0.278 e. The molecule has 4 heteroatoms. The molecule has 1 aromatic heterocycles. The molecule has 0 saturated heterocycles. The van der Waals surface area contributed by atoms with Crippen LogP contribution in [0.3, 0.4) is 0 Å². The first-order chi connectivity index (χ1) is 7.68. The quantitative estimate of drug-likeness (QED) is 0.764. The summed E-state index contributed by atoms with van der Waals surface area (Å²) in [6.07, 6.45) is 3.39. The zero-order valence-corrected chi connectivity index (χ0v) is 9.29. The van der Waals surface area contributed by atoms with Gasteiger partial charge in [0.2, 0.25) is 0 Å². The fourth-order valence-corrected chi connectivity index (χ4v) is 1.37. The van der Waals surface area contributed by atoms with Crippen LogP contribution < -0.4 is 4.90 Å². The van der Waals surface area contributed by atoms with E-state index in [1.807, 2.05) is 37.2 Å². The standard InChI is InChI=1S/C12H13N3O/c1-14(2)11-8-13-15(9-11)12(16)10-6-4-3-5-7-10/h3-9H,1-2H3. The summed E-state index contributed by atoms with van der Waals surface area (Å²) >= 11 is 0. The average Bonchev–Trinajstić information content (AvgIpc) is 2.78. The first kappa shape index (κ1) is 10.4. The van der Waals surface area contributed by atoms with Crippen molar-refractivity contribution in [1.82, 2.24) is 9.78 Å². The van der Waals surface area contributed by atoms with E-state index in [1.165, 1.54) is 4.68 Å². The monoisotopic (exact) mass is 215 g/mol. The molecular weight excluding hydrogens is 202 g/mol. The minimum Gasteiger partial charge on any atom is -0.375 e. The molecule has 0 aliphatic carbocycles. The zero-order chi connectivity index (χ0) is 11.5. The second kappa shape index (κ2) is 4.18. The van der Waals surface area contributed by atoms with Gasteiger partial charge in [0.15, 0.2) is 0 Å². The van der Waals surface area contributed by atoms with Gasteiger partial charge in [-0.05, 0) is 12.1 Å². The lowest BCUT2D eigenvalue weighted by Gasteiger charge is -2.06. The molecule has 0 unspecified atom stereocenters. The van der Waals surface area contributed by atoms with E-state index >= 15 is 0 Å². The molecule has 16 heavy (non-hydrogen) atoms. The average molecular weight is 215 g/mol. The first-order valence-corrected chi connectivity index (χ1v) is 5.00. The van der Waals surface area contributed by atoms with Crippen LogP contribution in [0.25, 0.3) is 0 Å². The Balaban J connectivity index is 2.28. The summed E-state index contributed by atoms with van der Waals surface area (Å²) in [7, 11) is 3.82. The molecule has 2 rings (SSSR count). The van der Waals surface area contributed by atoms with Crippen molar-refractivity contribution < 1.29 is 4.79 Å². The molecule has 0 saturated carbocycles. The van der Waals surface area contributed by atoms with Gasteiger partial charge in [0.05, 0.1) is 18.1 Å². The van der Waals surface area contributed by atoms with Gasteiger partial charge in [0, 0.05) is 19.7 Å². The normalized spacial score (nSPS) is 10.1. The van der Waals surface area contributed by atoms with E-state index in [9.17, 15) is 4.79 Å². The first-order valence-electron chi connectivity index (χ1n) is 5.00. The summed E-state index contributed by atoms with van der Waals surface area (Å²) in [5.41, 5.74) is 1.54. The highest BCUT2D eigenvalue weighted by atomic mass is 16.2. The molecule has 0 atom stereocenters. The topological polar surface area (TPSA) is 38.1 Å². The van der Waals surface area contributed by atoms with Gasteiger partial charge in [-0.3, -0.25) is 4.79 Å². The molecule has 1 aromatic carbocycles. The number of hydrogen-bond donors (Lipinski definition) is 0. The number of rotatable bonds is 2. The number of aromatic nitrogens is 2. The Bertz CT molecular complexity index is 488. The molecule has 0 aliphatic heterocycles. The Morgan fingerprint density at radius 2 is 1.94 bits per heavy atom. The molecular formula is C12H13N3O. The lowest BCUT2D eigenvalue weighted by molar-refractivity contribution is 0.0945. The van der Waals surface area contributed by atoms with Crippen LogP contribution in [0.5, 0.6) is 0 Å². The molecule has 0 spiro atoms. The third kappa shape index (κ3) is 1.95. The minimum absolute atomic E-state index is 0.117. The summed E-state index contributed by atoms with van der Waals surface area (Å²) in [5.74, 6) is -0.117. The molecule has 2 aromatic rings. The van der Waals surface area contributed by atoms with Crippen molar-refractivity contribution in [3.8, 4) is 0 Å². The molecule has 0 aliphatic rings. The highest BCUT2D eigenvalue weighted by Gasteiger charge is 2.09. The number of hydrogen-bond acceptors (Lipinski definition) is 3. The highest BCUT2D eigenvalue weighted by Crippen LogP contribution is 2.10. The molecule has 82 valence electrons. The van der Waals surface area contributed by atoms with Crippen molar-refractivity contribution in [1.29, 1.82) is 0 Å². The van der Waals surface area contributed by atoms with Crippen LogP contribution in [0.15, 0.2) is 42.7 Å². The van der Waals surface area contributed by atoms with Gasteiger partial charge in [-0.25, -0.2) is 4.68 Å². The number of carbonyl (C=O) groups is 1. The largest absolute Gasteiger partial charge is 0.375 e. The third-order valence-electron chi connectivity index (χ3n) is 2.31. The van der Waals surface area contributed by atoms with Gasteiger partial charge in [0.1, 0.15) is 0 Å². The van der Waals surface area contributed by atoms with Crippen molar-refractivity contribution in [3.63, 3.8) is 0 Å². The maximum absolute atomic E-state index is 12.0. The summed E-state index contributed by atoms with van der Waals surface area (Å²) in [6.45, 7) is 0. The number of anilines is 1. The Morgan fingerprint density at radius 3 is 2.50 bits per heavy atom. The molecule has 1 heterocycles. The molecule has 4 nitrogen and oxygen atoms in total. The van der Waals surface area contributed by atoms with Gasteiger partial charge in [-0.1, -0.05) is 18.2 Å². The van der Waals surface area contributed by atoms with Crippen molar-refractivity contribution in [2.24, 2.45) is 0 Å². The minimum atomic E-state index is -0.117. The highest BCUT2D eigenvalue weighted by molar-refractivity contribution is 5.95. The Kier molecular flexibility index (Phi) is 2.72. The van der Waals surface area contributed by atoms with Gasteiger partial charge in [0.25, 0.3) is 5.91 Å². The molecule has 0 amide bonds. The van der Waals surface area contributed by atoms with Crippen LogP contribution >= 0.6 is 0 Å². The van der Waals surface area contributed by atoms with Gasteiger partial charge in [-0.15, -0.1) is 0 Å². The summed E-state index contributed by atoms with van der Waals surface area (Å²) in [4.78, 5) is 13.9. The van der Waals surface area contributed by atoms with E-state index in [1.54, 1.807) is 24.5 Å². The van der Waals surface area contributed by atoms with E-state index in [2.05, 4.69) is 5.10 Å². The predicted molar refractivity (Wildman–Crippen MR) is 62.7 cm³/mol. The molecule has 0 bridgehead atoms. The fourth-order valence-electron chi connectivity index (χ4n) is 1.37. The van der Waals surface area contributed by atoms with Crippen molar-refractivity contribution in [2.45, 2.75) is 0 Å². The van der Waals surface area contributed by atoms with Crippen LogP contribution in [0.1, 0.15) is 10.4 Å².